The van der Waals surface area contributed by atoms with Crippen LogP contribution >= 0.6 is 0 Å². The SMILES string of the molecule is CNCC1CN(c2ccc(C)c(C)c2)C(=O)N1. The van der Waals surface area contributed by atoms with Gasteiger partial charge in [-0.15, -0.1) is 0 Å². The molecule has 1 aliphatic heterocycles. The number of amides is 2. The van der Waals surface area contributed by atoms with Crippen LogP contribution in [0.3, 0.4) is 0 Å². The van der Waals surface area contributed by atoms with Crippen molar-refractivity contribution in [1.82, 2.24) is 10.6 Å². The third-order valence-electron chi connectivity index (χ3n) is 3.23. The van der Waals surface area contributed by atoms with E-state index in [9.17, 15) is 4.79 Å². The highest BCUT2D eigenvalue weighted by molar-refractivity contribution is 5.94. The molecule has 2 amide bonds. The highest BCUT2D eigenvalue weighted by Crippen LogP contribution is 2.21. The van der Waals surface area contributed by atoms with E-state index < -0.39 is 0 Å². The Kier molecular flexibility index (Phi) is 3.33. The number of likely N-dealkylation sites (N-methyl/N-ethyl adjacent to an activating group) is 1. The highest BCUT2D eigenvalue weighted by atomic mass is 16.2. The lowest BCUT2D eigenvalue weighted by molar-refractivity contribution is 0.251. The summed E-state index contributed by atoms with van der Waals surface area (Å²) in [5, 5.41) is 6.04. The molecule has 2 N–H and O–H groups in total. The van der Waals surface area contributed by atoms with E-state index in [2.05, 4.69) is 36.6 Å². The summed E-state index contributed by atoms with van der Waals surface area (Å²) in [5.74, 6) is 0. The number of hydrogen-bond donors (Lipinski definition) is 2. The Labute approximate surface area is 102 Å². The summed E-state index contributed by atoms with van der Waals surface area (Å²) >= 11 is 0. The van der Waals surface area contributed by atoms with Gasteiger partial charge in [0.2, 0.25) is 0 Å². The second kappa shape index (κ2) is 4.75. The lowest BCUT2D eigenvalue weighted by atomic mass is 10.1. The number of carbonyl (C=O) groups is 1. The van der Waals surface area contributed by atoms with Crippen LogP contribution in [0.2, 0.25) is 0 Å². The van der Waals surface area contributed by atoms with E-state index in [4.69, 9.17) is 0 Å². The molecule has 1 aliphatic rings. The topological polar surface area (TPSA) is 44.4 Å². The van der Waals surface area contributed by atoms with Gasteiger partial charge in [-0.25, -0.2) is 4.79 Å². The normalized spacial score (nSPS) is 19.6. The predicted octanol–water partition coefficient (Wildman–Crippen LogP) is 1.42. The van der Waals surface area contributed by atoms with Gasteiger partial charge >= 0.3 is 6.03 Å². The van der Waals surface area contributed by atoms with E-state index in [1.165, 1.54) is 11.1 Å². The quantitative estimate of drug-likeness (QED) is 0.829. The summed E-state index contributed by atoms with van der Waals surface area (Å²) < 4.78 is 0. The fraction of sp³-hybridized carbons (Fsp3) is 0.462. The zero-order valence-electron chi connectivity index (χ0n) is 10.6. The molecule has 1 atom stereocenters. The fourth-order valence-electron chi connectivity index (χ4n) is 2.08. The molecule has 2 rings (SSSR count). The molecule has 17 heavy (non-hydrogen) atoms. The van der Waals surface area contributed by atoms with Crippen LogP contribution < -0.4 is 15.5 Å². The second-order valence-corrected chi connectivity index (χ2v) is 4.58. The number of carbonyl (C=O) groups excluding carboxylic acids is 1. The smallest absolute Gasteiger partial charge is 0.322 e. The molecule has 92 valence electrons. The van der Waals surface area contributed by atoms with Gasteiger partial charge in [0, 0.05) is 18.8 Å². The van der Waals surface area contributed by atoms with Gasteiger partial charge < -0.3 is 10.6 Å². The summed E-state index contributed by atoms with van der Waals surface area (Å²) in [6.07, 6.45) is 0. The Morgan fingerprint density at radius 1 is 1.41 bits per heavy atom. The van der Waals surface area contributed by atoms with E-state index in [0.717, 1.165) is 18.8 Å². The molecule has 0 saturated carbocycles. The first kappa shape index (κ1) is 11.9. The Balaban J connectivity index is 2.17. The number of anilines is 1. The highest BCUT2D eigenvalue weighted by Gasteiger charge is 2.29. The van der Waals surface area contributed by atoms with Gasteiger partial charge in [-0.05, 0) is 44.2 Å². The first-order chi connectivity index (χ1) is 8.11. The van der Waals surface area contributed by atoms with Gasteiger partial charge in [0.05, 0.1) is 6.04 Å². The van der Waals surface area contributed by atoms with Gasteiger partial charge in [-0.3, -0.25) is 4.90 Å². The maximum absolute atomic E-state index is 11.8. The summed E-state index contributed by atoms with van der Waals surface area (Å²) in [7, 11) is 1.89. The van der Waals surface area contributed by atoms with E-state index in [1.54, 1.807) is 4.90 Å². The van der Waals surface area contributed by atoms with Crippen LogP contribution in [-0.2, 0) is 0 Å². The molecular weight excluding hydrogens is 214 g/mol. The van der Waals surface area contributed by atoms with Crippen molar-refractivity contribution in [3.05, 3.63) is 29.3 Å². The van der Waals surface area contributed by atoms with Gasteiger partial charge in [0.1, 0.15) is 0 Å². The van der Waals surface area contributed by atoms with E-state index >= 15 is 0 Å². The van der Waals surface area contributed by atoms with Crippen molar-refractivity contribution < 1.29 is 4.79 Å². The van der Waals surface area contributed by atoms with Crippen molar-refractivity contribution in [1.29, 1.82) is 0 Å². The van der Waals surface area contributed by atoms with Crippen molar-refractivity contribution in [3.63, 3.8) is 0 Å². The van der Waals surface area contributed by atoms with Crippen molar-refractivity contribution in [3.8, 4) is 0 Å². The third kappa shape index (κ3) is 2.42. The number of nitrogens with zero attached hydrogens (tertiary/aromatic N) is 1. The average Bonchev–Trinajstić information content (AvgIpc) is 2.64. The molecule has 4 nitrogen and oxygen atoms in total. The van der Waals surface area contributed by atoms with Crippen molar-refractivity contribution in [2.24, 2.45) is 0 Å². The van der Waals surface area contributed by atoms with E-state index in [0.29, 0.717) is 0 Å². The number of benzene rings is 1. The van der Waals surface area contributed by atoms with Gasteiger partial charge in [0.15, 0.2) is 0 Å². The average molecular weight is 233 g/mol. The molecule has 1 aromatic carbocycles. The standard InChI is InChI=1S/C13H19N3O/c1-9-4-5-12(6-10(9)2)16-8-11(7-14-3)15-13(16)17/h4-6,11,14H,7-8H2,1-3H3,(H,15,17). The minimum absolute atomic E-state index is 0.00602. The largest absolute Gasteiger partial charge is 0.332 e. The van der Waals surface area contributed by atoms with Crippen molar-refractivity contribution in [2.75, 3.05) is 25.0 Å². The Hall–Kier alpha value is -1.55. The molecule has 0 aromatic heterocycles. The van der Waals surface area contributed by atoms with Crippen molar-refractivity contribution in [2.45, 2.75) is 19.9 Å². The summed E-state index contributed by atoms with van der Waals surface area (Å²) in [6.45, 7) is 5.67. The van der Waals surface area contributed by atoms with Gasteiger partial charge in [-0.2, -0.15) is 0 Å². The predicted molar refractivity (Wildman–Crippen MR) is 69.5 cm³/mol. The molecular formula is C13H19N3O. The minimum atomic E-state index is -0.00602. The molecule has 0 aliphatic carbocycles. The molecule has 0 spiro atoms. The minimum Gasteiger partial charge on any atom is -0.332 e. The number of aryl methyl sites for hydroxylation is 2. The number of rotatable bonds is 3. The van der Waals surface area contributed by atoms with Gasteiger partial charge in [-0.1, -0.05) is 6.07 Å². The lowest BCUT2D eigenvalue weighted by Gasteiger charge is -2.16. The summed E-state index contributed by atoms with van der Waals surface area (Å²) in [6, 6.07) is 6.31. The van der Waals surface area contributed by atoms with Crippen LogP contribution in [-0.4, -0.2) is 32.2 Å². The lowest BCUT2D eigenvalue weighted by Crippen LogP contribution is -2.35. The maximum atomic E-state index is 11.8. The van der Waals surface area contributed by atoms with Crippen molar-refractivity contribution >= 4 is 11.7 Å². The molecule has 4 heteroatoms. The van der Waals surface area contributed by atoms with Crippen LogP contribution in [0.5, 0.6) is 0 Å². The molecule has 1 unspecified atom stereocenters. The van der Waals surface area contributed by atoms with Crippen LogP contribution in [0.1, 0.15) is 11.1 Å². The van der Waals surface area contributed by atoms with E-state index in [-0.39, 0.29) is 12.1 Å². The molecule has 1 aromatic rings. The van der Waals surface area contributed by atoms with Crippen LogP contribution in [0.25, 0.3) is 0 Å². The van der Waals surface area contributed by atoms with Crippen LogP contribution in [0.4, 0.5) is 10.5 Å². The summed E-state index contributed by atoms with van der Waals surface area (Å²) in [5.41, 5.74) is 3.44. The third-order valence-corrected chi connectivity index (χ3v) is 3.23. The monoisotopic (exact) mass is 233 g/mol. The summed E-state index contributed by atoms with van der Waals surface area (Å²) in [4.78, 5) is 13.6. The van der Waals surface area contributed by atoms with Crippen LogP contribution in [0, 0.1) is 13.8 Å². The first-order valence-electron chi connectivity index (χ1n) is 5.91. The molecule has 1 saturated heterocycles. The van der Waals surface area contributed by atoms with Gasteiger partial charge in [0.25, 0.3) is 0 Å². The maximum Gasteiger partial charge on any atom is 0.322 e. The zero-order valence-corrected chi connectivity index (χ0v) is 10.6. The fourth-order valence-corrected chi connectivity index (χ4v) is 2.08. The first-order valence-corrected chi connectivity index (χ1v) is 5.91. The zero-order chi connectivity index (χ0) is 12.4. The molecule has 1 fully saturated rings. The number of hydrogen-bond acceptors (Lipinski definition) is 2. The molecule has 1 heterocycles. The molecule has 0 radical (unpaired) electrons. The van der Waals surface area contributed by atoms with Crippen LogP contribution in [0.15, 0.2) is 18.2 Å². The second-order valence-electron chi connectivity index (χ2n) is 4.58. The number of urea groups is 1. The number of nitrogens with one attached hydrogen (secondary N) is 2. The Bertz CT molecular complexity index is 431. The Morgan fingerprint density at radius 2 is 2.18 bits per heavy atom. The van der Waals surface area contributed by atoms with E-state index in [1.807, 2.05) is 13.1 Å². The molecule has 0 bridgehead atoms. The Morgan fingerprint density at radius 3 is 2.82 bits per heavy atom.